The van der Waals surface area contributed by atoms with Crippen molar-refractivity contribution >= 4 is 11.7 Å². The van der Waals surface area contributed by atoms with Crippen LogP contribution in [0.5, 0.6) is 0 Å². The van der Waals surface area contributed by atoms with Crippen LogP contribution in [0.2, 0.25) is 0 Å². The molecular formula is C20H27NO3. The number of hydrogen-bond donors (Lipinski definition) is 1. The minimum Gasteiger partial charge on any atom is -0.462 e. The number of hydrogen-bond acceptors (Lipinski definition) is 4. The van der Waals surface area contributed by atoms with Crippen molar-refractivity contribution in [3.63, 3.8) is 0 Å². The van der Waals surface area contributed by atoms with Crippen molar-refractivity contribution in [1.82, 2.24) is 0 Å². The van der Waals surface area contributed by atoms with Crippen LogP contribution in [-0.4, -0.2) is 25.2 Å². The lowest BCUT2D eigenvalue weighted by Crippen LogP contribution is -2.45. The molecule has 130 valence electrons. The van der Waals surface area contributed by atoms with E-state index >= 15 is 0 Å². The van der Waals surface area contributed by atoms with Gasteiger partial charge in [0.1, 0.15) is 0 Å². The Bertz CT molecular complexity index is 609. The number of esters is 1. The Morgan fingerprint density at radius 2 is 2.08 bits per heavy atom. The summed E-state index contributed by atoms with van der Waals surface area (Å²) in [5.74, 6) is 1.05. The molecule has 2 fully saturated rings. The van der Waals surface area contributed by atoms with Gasteiger partial charge in [0.25, 0.3) is 0 Å². The SMILES string of the molecule is CCOC(=O)c1ccc2c(c1)NC(C1CCCC1)C1CCCOC21. The molecule has 1 saturated heterocycles. The molecular weight excluding hydrogens is 302 g/mol. The van der Waals surface area contributed by atoms with Crippen molar-refractivity contribution in [2.75, 3.05) is 18.5 Å². The van der Waals surface area contributed by atoms with Gasteiger partial charge in [0.2, 0.25) is 0 Å². The zero-order chi connectivity index (χ0) is 16.5. The molecule has 0 radical (unpaired) electrons. The maximum atomic E-state index is 12.1. The highest BCUT2D eigenvalue weighted by atomic mass is 16.5. The van der Waals surface area contributed by atoms with E-state index in [0.717, 1.165) is 24.6 Å². The minimum absolute atomic E-state index is 0.178. The molecule has 1 saturated carbocycles. The number of fused-ring (bicyclic) bond motifs is 3. The summed E-state index contributed by atoms with van der Waals surface area (Å²) in [4.78, 5) is 12.1. The van der Waals surface area contributed by atoms with Crippen molar-refractivity contribution in [1.29, 1.82) is 0 Å². The van der Waals surface area contributed by atoms with Gasteiger partial charge in [-0.1, -0.05) is 18.9 Å². The van der Waals surface area contributed by atoms with Gasteiger partial charge in [0, 0.05) is 29.8 Å². The van der Waals surface area contributed by atoms with Crippen LogP contribution in [0.3, 0.4) is 0 Å². The predicted octanol–water partition coefficient (Wildman–Crippen LogP) is 4.32. The largest absolute Gasteiger partial charge is 0.462 e. The molecule has 4 rings (SSSR count). The lowest BCUT2D eigenvalue weighted by Gasteiger charge is -2.45. The topological polar surface area (TPSA) is 47.6 Å². The van der Waals surface area contributed by atoms with Gasteiger partial charge < -0.3 is 14.8 Å². The fourth-order valence-electron chi connectivity index (χ4n) is 4.83. The van der Waals surface area contributed by atoms with Gasteiger partial charge in [-0.05, 0) is 50.7 Å². The Balaban J connectivity index is 1.66. The first kappa shape index (κ1) is 15.9. The number of anilines is 1. The highest BCUT2D eigenvalue weighted by Gasteiger charge is 2.42. The number of rotatable bonds is 3. The monoisotopic (exact) mass is 329 g/mol. The van der Waals surface area contributed by atoms with E-state index in [1.165, 1.54) is 37.7 Å². The van der Waals surface area contributed by atoms with E-state index in [4.69, 9.17) is 9.47 Å². The van der Waals surface area contributed by atoms with Crippen LogP contribution in [-0.2, 0) is 9.47 Å². The molecule has 0 aromatic heterocycles. The Hall–Kier alpha value is -1.55. The van der Waals surface area contributed by atoms with Crippen LogP contribution in [0.15, 0.2) is 18.2 Å². The van der Waals surface area contributed by atoms with E-state index in [-0.39, 0.29) is 12.1 Å². The van der Waals surface area contributed by atoms with Crippen LogP contribution in [0.25, 0.3) is 0 Å². The molecule has 4 nitrogen and oxygen atoms in total. The quantitative estimate of drug-likeness (QED) is 0.839. The highest BCUT2D eigenvalue weighted by molar-refractivity contribution is 5.91. The molecule has 24 heavy (non-hydrogen) atoms. The first-order valence-corrected chi connectivity index (χ1v) is 9.47. The van der Waals surface area contributed by atoms with Crippen LogP contribution in [0, 0.1) is 11.8 Å². The van der Waals surface area contributed by atoms with E-state index < -0.39 is 0 Å². The zero-order valence-corrected chi connectivity index (χ0v) is 14.4. The molecule has 3 atom stereocenters. The second kappa shape index (κ2) is 6.75. The van der Waals surface area contributed by atoms with Gasteiger partial charge in [0.15, 0.2) is 0 Å². The maximum Gasteiger partial charge on any atom is 0.338 e. The molecule has 1 aromatic rings. The number of ether oxygens (including phenoxy) is 2. The normalized spacial score (nSPS) is 29.5. The molecule has 2 aliphatic heterocycles. The third-order valence-corrected chi connectivity index (χ3v) is 5.93. The summed E-state index contributed by atoms with van der Waals surface area (Å²) in [5.41, 5.74) is 2.91. The molecule has 0 amide bonds. The fraction of sp³-hybridized carbons (Fsp3) is 0.650. The lowest BCUT2D eigenvalue weighted by molar-refractivity contribution is -0.0437. The van der Waals surface area contributed by atoms with Gasteiger partial charge in [-0.3, -0.25) is 0 Å². The predicted molar refractivity (Wildman–Crippen MR) is 93.2 cm³/mol. The van der Waals surface area contributed by atoms with E-state index in [1.54, 1.807) is 0 Å². The average Bonchev–Trinajstić information content (AvgIpc) is 3.15. The van der Waals surface area contributed by atoms with Gasteiger partial charge in [-0.25, -0.2) is 4.79 Å². The van der Waals surface area contributed by atoms with E-state index in [2.05, 4.69) is 11.4 Å². The van der Waals surface area contributed by atoms with E-state index in [9.17, 15) is 4.79 Å². The molecule has 1 aromatic carbocycles. The molecule has 2 heterocycles. The standard InChI is InChI=1S/C20H27NO3/c1-2-23-20(22)14-9-10-15-17(12-14)21-18(13-6-3-4-7-13)16-8-5-11-24-19(15)16/h9-10,12-13,16,18-19,21H,2-8,11H2,1H3. The fourth-order valence-corrected chi connectivity index (χ4v) is 4.83. The summed E-state index contributed by atoms with van der Waals surface area (Å²) in [6, 6.07) is 6.37. The van der Waals surface area contributed by atoms with E-state index in [0.29, 0.717) is 24.1 Å². The molecule has 4 heteroatoms. The number of carbonyl (C=O) groups is 1. The van der Waals surface area contributed by atoms with Crippen molar-refractivity contribution in [3.8, 4) is 0 Å². The Labute approximate surface area is 143 Å². The Morgan fingerprint density at radius 1 is 1.25 bits per heavy atom. The van der Waals surface area contributed by atoms with Gasteiger partial charge >= 0.3 is 5.97 Å². The first-order chi connectivity index (χ1) is 11.8. The molecule has 0 bridgehead atoms. The van der Waals surface area contributed by atoms with Crippen LogP contribution in [0.4, 0.5) is 5.69 Å². The number of carbonyl (C=O) groups excluding carboxylic acids is 1. The number of benzene rings is 1. The van der Waals surface area contributed by atoms with Crippen LogP contribution >= 0.6 is 0 Å². The second-order valence-corrected chi connectivity index (χ2v) is 7.33. The summed E-state index contributed by atoms with van der Waals surface area (Å²) in [6.45, 7) is 3.09. The molecule has 1 N–H and O–H groups in total. The minimum atomic E-state index is -0.244. The van der Waals surface area contributed by atoms with Gasteiger partial charge in [-0.2, -0.15) is 0 Å². The first-order valence-electron chi connectivity index (χ1n) is 9.47. The third-order valence-electron chi connectivity index (χ3n) is 5.93. The third kappa shape index (κ3) is 2.81. The van der Waals surface area contributed by atoms with Gasteiger partial charge in [0.05, 0.1) is 18.3 Å². The second-order valence-electron chi connectivity index (χ2n) is 7.33. The summed E-state index contributed by atoms with van der Waals surface area (Å²) in [6.07, 6.45) is 7.88. The van der Waals surface area contributed by atoms with Crippen molar-refractivity contribution in [2.45, 2.75) is 57.6 Å². The molecule has 1 aliphatic carbocycles. The average molecular weight is 329 g/mol. The molecule has 3 aliphatic rings. The summed E-state index contributed by atoms with van der Waals surface area (Å²) in [7, 11) is 0. The summed E-state index contributed by atoms with van der Waals surface area (Å²) < 4.78 is 11.3. The lowest BCUT2D eigenvalue weighted by atomic mass is 9.74. The Kier molecular flexibility index (Phi) is 4.49. The van der Waals surface area contributed by atoms with Crippen molar-refractivity contribution in [2.24, 2.45) is 11.8 Å². The smallest absolute Gasteiger partial charge is 0.338 e. The van der Waals surface area contributed by atoms with Crippen LogP contribution in [0.1, 0.15) is 67.5 Å². The summed E-state index contributed by atoms with van der Waals surface area (Å²) >= 11 is 0. The summed E-state index contributed by atoms with van der Waals surface area (Å²) in [5, 5.41) is 3.79. The van der Waals surface area contributed by atoms with Crippen LogP contribution < -0.4 is 5.32 Å². The highest BCUT2D eigenvalue weighted by Crippen LogP contribution is 2.48. The van der Waals surface area contributed by atoms with Crippen molar-refractivity contribution < 1.29 is 14.3 Å². The van der Waals surface area contributed by atoms with Crippen molar-refractivity contribution in [3.05, 3.63) is 29.3 Å². The Morgan fingerprint density at radius 3 is 2.88 bits per heavy atom. The molecule has 3 unspecified atom stereocenters. The molecule has 0 spiro atoms. The van der Waals surface area contributed by atoms with Gasteiger partial charge in [-0.15, -0.1) is 0 Å². The maximum absolute atomic E-state index is 12.1. The number of nitrogens with one attached hydrogen (secondary N) is 1. The van der Waals surface area contributed by atoms with E-state index in [1.807, 2.05) is 19.1 Å². The zero-order valence-electron chi connectivity index (χ0n) is 14.4.